The molecule has 5 aromatic rings. The monoisotopic (exact) mass is 610 g/mol. The van der Waals surface area contributed by atoms with Gasteiger partial charge in [0.25, 0.3) is 0 Å². The van der Waals surface area contributed by atoms with Gasteiger partial charge in [-0.05, 0) is 66.3 Å². The van der Waals surface area contributed by atoms with E-state index >= 15 is 0 Å². The number of fused-ring (bicyclic) bond motifs is 6. The number of aromatic nitrogens is 1. The van der Waals surface area contributed by atoms with E-state index in [4.69, 9.17) is 0 Å². The fourth-order valence-corrected chi connectivity index (χ4v) is 8.17. The van der Waals surface area contributed by atoms with Gasteiger partial charge < -0.3 is 14.8 Å². The number of hydrogen-bond acceptors (Lipinski definition) is 3. The van der Waals surface area contributed by atoms with Crippen molar-refractivity contribution in [3.63, 3.8) is 0 Å². The highest BCUT2D eigenvalue weighted by Gasteiger charge is 2.43. The Morgan fingerprint density at radius 1 is 0.696 bits per heavy atom. The first-order valence-corrected chi connectivity index (χ1v) is 17.1. The number of hydrogen-bond donors (Lipinski definition) is 3. The van der Waals surface area contributed by atoms with Crippen LogP contribution in [0.1, 0.15) is 83.6 Å². The van der Waals surface area contributed by atoms with Gasteiger partial charge in [0, 0.05) is 44.6 Å². The highest BCUT2D eigenvalue weighted by atomic mass is 15.5. The first-order valence-electron chi connectivity index (χ1n) is 17.1. The smallest absolute Gasteiger partial charge is 0.148 e. The predicted molar refractivity (Wildman–Crippen MR) is 191 cm³/mol. The highest BCUT2D eigenvalue weighted by Crippen LogP contribution is 2.54. The summed E-state index contributed by atoms with van der Waals surface area (Å²) < 4.78 is 2.52. The third-order valence-electron chi connectivity index (χ3n) is 10.7. The van der Waals surface area contributed by atoms with Gasteiger partial charge in [0.15, 0.2) is 0 Å². The Kier molecular flexibility index (Phi) is 6.95. The van der Waals surface area contributed by atoms with E-state index in [9.17, 15) is 0 Å². The zero-order valence-electron chi connectivity index (χ0n) is 28.1. The molecule has 1 aromatic heterocycles. The molecule has 0 radical (unpaired) electrons. The maximum absolute atomic E-state index is 4.00. The van der Waals surface area contributed by atoms with Gasteiger partial charge in [-0.25, -0.2) is 10.6 Å². The van der Waals surface area contributed by atoms with Crippen molar-refractivity contribution in [2.45, 2.75) is 84.8 Å². The molecule has 4 unspecified atom stereocenters. The summed E-state index contributed by atoms with van der Waals surface area (Å²) in [5.41, 5.74) is 9.69. The van der Waals surface area contributed by atoms with E-state index in [-0.39, 0.29) is 29.5 Å². The van der Waals surface area contributed by atoms with Gasteiger partial charge in [-0.3, -0.25) is 0 Å². The molecule has 0 amide bonds. The molecule has 236 valence electrons. The van der Waals surface area contributed by atoms with Crippen molar-refractivity contribution < 1.29 is 5.32 Å². The van der Waals surface area contributed by atoms with Crippen LogP contribution in [0, 0.1) is 10.8 Å². The van der Waals surface area contributed by atoms with Gasteiger partial charge in [0.05, 0.1) is 11.0 Å². The van der Waals surface area contributed by atoms with E-state index in [2.05, 4.69) is 170 Å². The SMILES string of the molecule is CC(C)(C)C1NC(n2c3ccccc3c3cc(C4CC=C5C(C4)c4ccccc4N5c4ccccc4)ccc32)NC(C(C)(C)C)[NH2+]1. The van der Waals surface area contributed by atoms with Gasteiger partial charge >= 0.3 is 0 Å². The molecule has 2 aliphatic heterocycles. The summed E-state index contributed by atoms with van der Waals surface area (Å²) in [6.45, 7) is 14.0. The molecule has 1 aliphatic carbocycles. The minimum atomic E-state index is -0.00849. The van der Waals surface area contributed by atoms with E-state index in [1.807, 2.05) is 0 Å². The first-order chi connectivity index (χ1) is 22.1. The van der Waals surface area contributed by atoms with E-state index in [1.54, 1.807) is 0 Å². The van der Waals surface area contributed by atoms with Crippen LogP contribution in [-0.2, 0) is 0 Å². The summed E-state index contributed by atoms with van der Waals surface area (Å²) in [6, 6.07) is 36.1. The fraction of sp³-hybridized carbons (Fsp3) is 0.366. The first kappa shape index (κ1) is 29.5. The number of nitrogens with one attached hydrogen (secondary N) is 2. The number of benzene rings is 4. The summed E-state index contributed by atoms with van der Waals surface area (Å²) in [6.07, 6.45) is 5.25. The van der Waals surface area contributed by atoms with Crippen molar-refractivity contribution in [3.8, 4) is 0 Å². The van der Waals surface area contributed by atoms with Crippen LogP contribution in [0.25, 0.3) is 21.8 Å². The molecule has 3 heterocycles. The average Bonchev–Trinajstić information content (AvgIpc) is 3.56. The van der Waals surface area contributed by atoms with Crippen LogP contribution < -0.4 is 20.9 Å². The Bertz CT molecular complexity index is 1920. The van der Waals surface area contributed by atoms with Crippen LogP contribution in [0.5, 0.6) is 0 Å². The van der Waals surface area contributed by atoms with Crippen molar-refractivity contribution >= 4 is 33.2 Å². The molecule has 4 aromatic carbocycles. The van der Waals surface area contributed by atoms with Crippen molar-refractivity contribution in [3.05, 3.63) is 120 Å². The second-order valence-electron chi connectivity index (χ2n) is 15.9. The summed E-state index contributed by atoms with van der Waals surface area (Å²) in [4.78, 5) is 2.49. The average molecular weight is 611 g/mol. The van der Waals surface area contributed by atoms with Crippen LogP contribution in [0.4, 0.5) is 11.4 Å². The lowest BCUT2D eigenvalue weighted by Crippen LogP contribution is -3.07. The van der Waals surface area contributed by atoms with Gasteiger partial charge in [-0.15, -0.1) is 0 Å². The number of quaternary nitrogens is 1. The van der Waals surface area contributed by atoms with Crippen molar-refractivity contribution in [1.82, 2.24) is 15.2 Å². The molecule has 1 saturated heterocycles. The second kappa shape index (κ2) is 10.8. The molecule has 8 rings (SSSR count). The lowest BCUT2D eigenvalue weighted by molar-refractivity contribution is -0.764. The number of anilines is 2. The molecule has 5 nitrogen and oxygen atoms in total. The highest BCUT2D eigenvalue weighted by molar-refractivity contribution is 6.08. The lowest BCUT2D eigenvalue weighted by Gasteiger charge is -2.45. The number of nitrogens with zero attached hydrogens (tertiary/aromatic N) is 2. The van der Waals surface area contributed by atoms with Gasteiger partial charge in [-0.1, -0.05) is 108 Å². The van der Waals surface area contributed by atoms with Crippen LogP contribution in [-0.4, -0.2) is 16.9 Å². The standard InChI is InChI=1S/C41H47N5/c1-40(2,3)37-42-38(41(4,5)6)44-39(43-37)46-34-19-13-11-17-30(34)32-25-27(21-23-36(32)46)26-20-22-35-31(24-26)29-16-10-12-18-33(29)45(35)28-14-8-7-9-15-28/h7-19,21-23,25-26,31,37-39,42-44H,20,24H2,1-6H3/p+1. The number of para-hydroxylation sites is 3. The minimum Gasteiger partial charge on any atom is -0.316 e. The Morgan fingerprint density at radius 3 is 2.09 bits per heavy atom. The van der Waals surface area contributed by atoms with E-state index in [1.165, 1.54) is 50.0 Å². The molecular formula is C41H48N5+. The maximum atomic E-state index is 4.00. The quantitative estimate of drug-likeness (QED) is 0.192. The molecule has 3 aliphatic rings. The summed E-state index contributed by atoms with van der Waals surface area (Å²) in [5.74, 6) is 0.878. The molecular weight excluding hydrogens is 562 g/mol. The van der Waals surface area contributed by atoms with Crippen LogP contribution in [0.3, 0.4) is 0 Å². The zero-order chi connectivity index (χ0) is 31.8. The van der Waals surface area contributed by atoms with Crippen molar-refractivity contribution in [2.24, 2.45) is 10.8 Å². The Morgan fingerprint density at radius 2 is 1.35 bits per heavy atom. The Hall–Kier alpha value is -3.90. The van der Waals surface area contributed by atoms with E-state index in [0.717, 1.165) is 12.8 Å². The van der Waals surface area contributed by atoms with Crippen LogP contribution >= 0.6 is 0 Å². The van der Waals surface area contributed by atoms with E-state index in [0.29, 0.717) is 11.8 Å². The molecule has 4 N–H and O–H groups in total. The molecule has 4 atom stereocenters. The zero-order valence-corrected chi connectivity index (χ0v) is 28.1. The van der Waals surface area contributed by atoms with Crippen molar-refractivity contribution in [2.75, 3.05) is 4.90 Å². The molecule has 46 heavy (non-hydrogen) atoms. The third kappa shape index (κ3) is 4.88. The minimum absolute atomic E-state index is 0.00849. The Labute approximate surface area is 273 Å². The molecule has 1 fully saturated rings. The van der Waals surface area contributed by atoms with Gasteiger partial charge in [0.1, 0.15) is 18.6 Å². The molecule has 0 spiro atoms. The third-order valence-corrected chi connectivity index (χ3v) is 10.7. The topological polar surface area (TPSA) is 48.8 Å². The molecule has 0 bridgehead atoms. The number of nitrogens with two attached hydrogens (primary N) is 1. The van der Waals surface area contributed by atoms with Crippen LogP contribution in [0.15, 0.2) is 109 Å². The maximum Gasteiger partial charge on any atom is 0.148 e. The Balaban J connectivity index is 1.18. The van der Waals surface area contributed by atoms with E-state index < -0.39 is 0 Å². The number of allylic oxidation sites excluding steroid dienone is 2. The summed E-state index contributed by atoms with van der Waals surface area (Å²) in [5, 5.41) is 13.2. The summed E-state index contributed by atoms with van der Waals surface area (Å²) in [7, 11) is 0. The normalized spacial score (nSPS) is 25.0. The van der Waals surface area contributed by atoms with Crippen molar-refractivity contribution in [1.29, 1.82) is 0 Å². The molecule has 0 saturated carbocycles. The second-order valence-corrected chi connectivity index (χ2v) is 15.9. The molecule has 5 heteroatoms. The lowest BCUT2D eigenvalue weighted by atomic mass is 9.78. The van der Waals surface area contributed by atoms with Gasteiger partial charge in [-0.2, -0.15) is 0 Å². The largest absolute Gasteiger partial charge is 0.316 e. The van der Waals surface area contributed by atoms with Crippen LogP contribution in [0.2, 0.25) is 0 Å². The predicted octanol–water partition coefficient (Wildman–Crippen LogP) is 8.45. The fourth-order valence-electron chi connectivity index (χ4n) is 8.17. The number of rotatable bonds is 3. The van der Waals surface area contributed by atoms with Gasteiger partial charge in [0.2, 0.25) is 0 Å². The summed E-state index contributed by atoms with van der Waals surface area (Å²) >= 11 is 0.